The Balaban J connectivity index is 3.11. The van der Waals surface area contributed by atoms with Gasteiger partial charge in [0, 0.05) is 15.6 Å². The van der Waals surface area contributed by atoms with Gasteiger partial charge in [0.1, 0.15) is 0 Å². The molecule has 17 heavy (non-hydrogen) atoms. The maximum atomic E-state index is 11.7. The van der Waals surface area contributed by atoms with Crippen LogP contribution in [0.2, 0.25) is 10.0 Å². The first kappa shape index (κ1) is 14.3. The number of carbonyl (C=O) groups is 1. The third-order valence-electron chi connectivity index (χ3n) is 2.29. The van der Waals surface area contributed by atoms with Crippen molar-refractivity contribution >= 4 is 39.0 Å². The second kappa shape index (κ2) is 5.25. The minimum Gasteiger partial charge on any atom is -0.480 e. The van der Waals surface area contributed by atoms with E-state index in [4.69, 9.17) is 28.3 Å². The summed E-state index contributed by atoms with van der Waals surface area (Å²) in [5, 5.41) is 7.61. The van der Waals surface area contributed by atoms with Gasteiger partial charge in [0.05, 0.1) is 5.75 Å². The van der Waals surface area contributed by atoms with Crippen LogP contribution in [0.1, 0.15) is 12.5 Å². The van der Waals surface area contributed by atoms with Gasteiger partial charge in [-0.25, -0.2) is 8.42 Å². The smallest absolute Gasteiger partial charge is 0.321 e. The highest BCUT2D eigenvalue weighted by Crippen LogP contribution is 2.27. The van der Waals surface area contributed by atoms with Gasteiger partial charge in [0.25, 0.3) is 0 Å². The molecule has 1 rings (SSSR count). The maximum Gasteiger partial charge on any atom is 0.321 e. The van der Waals surface area contributed by atoms with Crippen LogP contribution < -0.4 is 0 Å². The summed E-state index contributed by atoms with van der Waals surface area (Å²) in [5.41, 5.74) is 0.226. The molecule has 7 heteroatoms. The van der Waals surface area contributed by atoms with Crippen LogP contribution in [0.5, 0.6) is 0 Å². The molecule has 0 spiro atoms. The van der Waals surface area contributed by atoms with Crippen LogP contribution >= 0.6 is 23.2 Å². The van der Waals surface area contributed by atoms with Crippen molar-refractivity contribution < 1.29 is 18.3 Å². The Hall–Kier alpha value is -0.780. The molecular weight excluding hydrogens is 287 g/mol. The number of hydrogen-bond donors (Lipinski definition) is 1. The molecule has 0 saturated heterocycles. The molecule has 0 aliphatic rings. The summed E-state index contributed by atoms with van der Waals surface area (Å²) in [4.78, 5) is 10.7. The molecule has 1 atom stereocenters. The molecule has 0 heterocycles. The lowest BCUT2D eigenvalue weighted by molar-refractivity contribution is -0.136. The summed E-state index contributed by atoms with van der Waals surface area (Å²) >= 11 is 11.6. The summed E-state index contributed by atoms with van der Waals surface area (Å²) in [5.74, 6) is -1.88. The second-order valence-corrected chi connectivity index (χ2v) is 6.62. The fourth-order valence-corrected chi connectivity index (χ4v) is 3.11. The predicted molar refractivity (Wildman–Crippen MR) is 66.2 cm³/mol. The molecule has 0 aromatic heterocycles. The predicted octanol–water partition coefficient (Wildman–Crippen LogP) is 2.38. The largest absolute Gasteiger partial charge is 0.480 e. The molecule has 1 N–H and O–H groups in total. The van der Waals surface area contributed by atoms with Crippen molar-refractivity contribution in [1.29, 1.82) is 0 Å². The van der Waals surface area contributed by atoms with Crippen molar-refractivity contribution in [2.75, 3.05) is 0 Å². The number of rotatable bonds is 4. The van der Waals surface area contributed by atoms with E-state index in [1.54, 1.807) is 6.07 Å². The molecule has 1 unspecified atom stereocenters. The lowest BCUT2D eigenvalue weighted by Gasteiger charge is -2.10. The topological polar surface area (TPSA) is 71.4 Å². The third-order valence-corrected chi connectivity index (χ3v) is 4.97. The number of benzene rings is 1. The minimum atomic E-state index is -3.83. The fourth-order valence-electron chi connectivity index (χ4n) is 1.15. The second-order valence-electron chi connectivity index (χ2n) is 3.49. The molecule has 4 nitrogen and oxygen atoms in total. The number of carboxylic acids is 1. The first-order valence-electron chi connectivity index (χ1n) is 4.63. The van der Waals surface area contributed by atoms with Crippen LogP contribution in [0.3, 0.4) is 0 Å². The minimum absolute atomic E-state index is 0.207. The summed E-state index contributed by atoms with van der Waals surface area (Å²) < 4.78 is 23.5. The standard InChI is InChI=1S/C10H10Cl2O4S/c1-6(10(13)14)17(15,16)5-7-8(11)3-2-4-9(7)12/h2-4,6H,5H2,1H3,(H,13,14). The Morgan fingerprint density at radius 2 is 1.82 bits per heavy atom. The van der Waals surface area contributed by atoms with Gasteiger partial charge in [-0.3, -0.25) is 4.79 Å². The van der Waals surface area contributed by atoms with Crippen molar-refractivity contribution in [2.24, 2.45) is 0 Å². The van der Waals surface area contributed by atoms with Crippen LogP contribution in [0, 0.1) is 0 Å². The van der Waals surface area contributed by atoms with Gasteiger partial charge in [0.2, 0.25) is 0 Å². The molecule has 0 bridgehead atoms. The lowest BCUT2D eigenvalue weighted by atomic mass is 10.2. The van der Waals surface area contributed by atoms with Crippen molar-refractivity contribution in [3.63, 3.8) is 0 Å². The molecule has 0 radical (unpaired) electrons. The average molecular weight is 297 g/mol. The van der Waals surface area contributed by atoms with E-state index in [1.807, 2.05) is 0 Å². The quantitative estimate of drug-likeness (QED) is 0.926. The first-order valence-corrected chi connectivity index (χ1v) is 7.10. The molecule has 0 aliphatic carbocycles. The van der Waals surface area contributed by atoms with Crippen molar-refractivity contribution in [3.05, 3.63) is 33.8 Å². The molecule has 94 valence electrons. The number of hydrogen-bond acceptors (Lipinski definition) is 3. The summed E-state index contributed by atoms with van der Waals surface area (Å²) in [6.07, 6.45) is 0. The monoisotopic (exact) mass is 296 g/mol. The molecular formula is C10H10Cl2O4S. The zero-order chi connectivity index (χ0) is 13.2. The van der Waals surface area contributed by atoms with Gasteiger partial charge in [0.15, 0.2) is 15.1 Å². The van der Waals surface area contributed by atoms with E-state index in [0.717, 1.165) is 6.92 Å². The van der Waals surface area contributed by atoms with E-state index in [2.05, 4.69) is 0 Å². The zero-order valence-corrected chi connectivity index (χ0v) is 11.2. The zero-order valence-electron chi connectivity index (χ0n) is 8.85. The number of halogens is 2. The van der Waals surface area contributed by atoms with Crippen LogP contribution in [0.15, 0.2) is 18.2 Å². The highest BCUT2D eigenvalue weighted by Gasteiger charge is 2.29. The van der Waals surface area contributed by atoms with E-state index >= 15 is 0 Å². The molecule has 1 aromatic carbocycles. The van der Waals surface area contributed by atoms with Crippen LogP contribution in [-0.4, -0.2) is 24.7 Å². The SMILES string of the molecule is CC(C(=O)O)S(=O)(=O)Cc1c(Cl)cccc1Cl. The molecule has 0 fully saturated rings. The Kier molecular flexibility index (Phi) is 4.41. The molecule has 1 aromatic rings. The van der Waals surface area contributed by atoms with Gasteiger partial charge >= 0.3 is 5.97 Å². The highest BCUT2D eigenvalue weighted by atomic mass is 35.5. The van der Waals surface area contributed by atoms with Crippen molar-refractivity contribution in [3.8, 4) is 0 Å². The van der Waals surface area contributed by atoms with Crippen LogP contribution in [0.25, 0.3) is 0 Å². The van der Waals surface area contributed by atoms with Gasteiger partial charge in [-0.1, -0.05) is 29.3 Å². The molecule has 0 aliphatic heterocycles. The van der Waals surface area contributed by atoms with Crippen LogP contribution in [-0.2, 0) is 20.4 Å². The lowest BCUT2D eigenvalue weighted by Crippen LogP contribution is -2.28. The third kappa shape index (κ3) is 3.34. The number of aliphatic carboxylic acids is 1. The molecule has 0 amide bonds. The average Bonchev–Trinajstić information content (AvgIpc) is 2.22. The Labute approximate surface area is 109 Å². The van der Waals surface area contributed by atoms with Gasteiger partial charge in [-0.2, -0.15) is 0 Å². The first-order chi connectivity index (χ1) is 7.75. The van der Waals surface area contributed by atoms with E-state index in [-0.39, 0.29) is 15.6 Å². The van der Waals surface area contributed by atoms with E-state index in [0.29, 0.717) is 0 Å². The maximum absolute atomic E-state index is 11.7. The Morgan fingerprint density at radius 1 is 1.35 bits per heavy atom. The van der Waals surface area contributed by atoms with E-state index in [9.17, 15) is 13.2 Å². The number of carboxylic acid groups (broad SMARTS) is 1. The van der Waals surface area contributed by atoms with Crippen molar-refractivity contribution in [2.45, 2.75) is 17.9 Å². The van der Waals surface area contributed by atoms with Gasteiger partial charge < -0.3 is 5.11 Å². The Morgan fingerprint density at radius 3 is 2.24 bits per heavy atom. The van der Waals surface area contributed by atoms with E-state index in [1.165, 1.54) is 12.1 Å². The summed E-state index contributed by atoms with van der Waals surface area (Å²) in [6.45, 7) is 1.11. The number of sulfone groups is 1. The summed E-state index contributed by atoms with van der Waals surface area (Å²) in [6, 6.07) is 4.59. The molecule has 0 saturated carbocycles. The van der Waals surface area contributed by atoms with E-state index < -0.39 is 26.8 Å². The fraction of sp³-hybridized carbons (Fsp3) is 0.300. The highest BCUT2D eigenvalue weighted by molar-refractivity contribution is 7.92. The van der Waals surface area contributed by atoms with Gasteiger partial charge in [-0.15, -0.1) is 0 Å². The van der Waals surface area contributed by atoms with Gasteiger partial charge in [-0.05, 0) is 19.1 Å². The van der Waals surface area contributed by atoms with Crippen molar-refractivity contribution in [1.82, 2.24) is 0 Å². The van der Waals surface area contributed by atoms with Crippen LogP contribution in [0.4, 0.5) is 0 Å². The normalized spacial score (nSPS) is 13.4. The summed E-state index contributed by atoms with van der Waals surface area (Å²) in [7, 11) is -3.83. The Bertz CT molecular complexity index is 519.